The predicted octanol–water partition coefficient (Wildman–Crippen LogP) is 1.77. The molecule has 2 aromatic heterocycles. The van der Waals surface area contributed by atoms with E-state index in [9.17, 15) is 14.4 Å². The van der Waals surface area contributed by atoms with Gasteiger partial charge in [-0.1, -0.05) is 12.1 Å². The van der Waals surface area contributed by atoms with Crippen LogP contribution in [0.4, 0.5) is 11.6 Å². The number of aromatic nitrogens is 4. The van der Waals surface area contributed by atoms with Gasteiger partial charge in [0.25, 0.3) is 5.91 Å². The number of benzene rings is 1. The van der Waals surface area contributed by atoms with Crippen molar-refractivity contribution in [3.63, 3.8) is 0 Å². The molecule has 0 fully saturated rings. The smallest absolute Gasteiger partial charge is 0.343 e. The second-order valence-corrected chi connectivity index (χ2v) is 8.28. The summed E-state index contributed by atoms with van der Waals surface area (Å²) in [6, 6.07) is 6.16. The first kappa shape index (κ1) is 26.9. The molecule has 4 rings (SSSR count). The van der Waals surface area contributed by atoms with Crippen LogP contribution >= 0.6 is 0 Å². The van der Waals surface area contributed by atoms with Crippen LogP contribution in [0.3, 0.4) is 0 Å². The van der Waals surface area contributed by atoms with Gasteiger partial charge in [-0.05, 0) is 38.5 Å². The van der Waals surface area contributed by atoms with Gasteiger partial charge in [0.05, 0.1) is 38.3 Å². The van der Waals surface area contributed by atoms with E-state index in [-0.39, 0.29) is 47.5 Å². The summed E-state index contributed by atoms with van der Waals surface area (Å²) < 4.78 is 17.6. The fourth-order valence-electron chi connectivity index (χ4n) is 3.92. The molecule has 0 spiro atoms. The molecule has 0 saturated carbocycles. The van der Waals surface area contributed by atoms with Gasteiger partial charge in [0.2, 0.25) is 5.96 Å². The summed E-state index contributed by atoms with van der Waals surface area (Å²) in [5.74, 6) is -1.25. The number of ether oxygens (including phenoxy) is 3. The first-order valence-electron chi connectivity index (χ1n) is 12.0. The SMILES string of the molecule is CCOC(=O)c1cn(C(=O)C2=C(C)NC(n3cc(C(=O)OCC)c(N)n3)=NC2c2ccc(OC)cc2)nc1N. The number of nitrogens with one attached hydrogen (secondary N) is 1. The number of nitrogens with two attached hydrogens (primary N) is 2. The van der Waals surface area contributed by atoms with Crippen LogP contribution in [0.15, 0.2) is 52.9 Å². The van der Waals surface area contributed by atoms with E-state index < -0.39 is 23.9 Å². The van der Waals surface area contributed by atoms with Gasteiger partial charge in [0, 0.05) is 5.70 Å². The molecule has 1 aromatic carbocycles. The van der Waals surface area contributed by atoms with Crippen LogP contribution in [0.2, 0.25) is 0 Å². The first-order chi connectivity index (χ1) is 18.7. The molecule has 1 atom stereocenters. The van der Waals surface area contributed by atoms with Crippen molar-refractivity contribution in [2.75, 3.05) is 31.8 Å². The van der Waals surface area contributed by atoms with Gasteiger partial charge in [0.1, 0.15) is 22.9 Å². The van der Waals surface area contributed by atoms with E-state index in [1.165, 1.54) is 17.1 Å². The molecule has 3 heterocycles. The number of hydrogen-bond donors (Lipinski definition) is 3. The average Bonchev–Trinajstić information content (AvgIpc) is 3.51. The molecular formula is C25H28N8O6. The Morgan fingerprint density at radius 1 is 0.949 bits per heavy atom. The maximum Gasteiger partial charge on any atom is 0.343 e. The standard InChI is InChI=1S/C25H28N8O6/c1-5-38-23(35)16-11-32(30-20(16)26)22(34)18-13(3)28-25(29-19(18)14-7-9-15(37-4)10-8-14)33-12-17(21(27)31-33)24(36)39-6-2/h7-12,19H,5-6H2,1-4H3,(H2,26,30)(H2,27,31)(H,28,29). The van der Waals surface area contributed by atoms with Crippen LogP contribution in [-0.4, -0.2) is 63.7 Å². The highest BCUT2D eigenvalue weighted by Gasteiger charge is 2.33. The Hall–Kier alpha value is -5.14. The number of aliphatic imine (C=N–C) groups is 1. The highest BCUT2D eigenvalue weighted by molar-refractivity contribution is 6.02. The average molecular weight is 537 g/mol. The lowest BCUT2D eigenvalue weighted by Gasteiger charge is -2.26. The Balaban J connectivity index is 1.77. The van der Waals surface area contributed by atoms with E-state index >= 15 is 0 Å². The zero-order chi connectivity index (χ0) is 28.3. The minimum Gasteiger partial charge on any atom is -0.497 e. The van der Waals surface area contributed by atoms with Gasteiger partial charge in [-0.25, -0.2) is 23.9 Å². The van der Waals surface area contributed by atoms with Gasteiger partial charge >= 0.3 is 11.9 Å². The fourth-order valence-corrected chi connectivity index (χ4v) is 3.92. The molecule has 14 nitrogen and oxygen atoms in total. The predicted molar refractivity (Wildman–Crippen MR) is 140 cm³/mol. The number of methoxy groups -OCH3 is 1. The van der Waals surface area contributed by atoms with Gasteiger partial charge in [-0.15, -0.1) is 10.2 Å². The Kier molecular flexibility index (Phi) is 7.65. The summed E-state index contributed by atoms with van der Waals surface area (Å²) in [6.07, 6.45) is 2.62. The topological polar surface area (TPSA) is 191 Å². The van der Waals surface area contributed by atoms with Crippen molar-refractivity contribution < 1.29 is 28.6 Å². The third kappa shape index (κ3) is 5.30. The summed E-state index contributed by atoms with van der Waals surface area (Å²) in [5.41, 5.74) is 13.2. The third-order valence-electron chi connectivity index (χ3n) is 5.79. The van der Waals surface area contributed by atoms with Gasteiger partial charge in [-0.3, -0.25) is 4.79 Å². The summed E-state index contributed by atoms with van der Waals surface area (Å²) in [4.78, 5) is 42.9. The second kappa shape index (κ2) is 11.1. The number of hydrogen-bond acceptors (Lipinski definition) is 12. The van der Waals surface area contributed by atoms with Crippen LogP contribution in [0.25, 0.3) is 0 Å². The molecule has 3 aromatic rings. The lowest BCUT2D eigenvalue weighted by atomic mass is 9.95. The van der Waals surface area contributed by atoms with Crippen LogP contribution < -0.4 is 21.5 Å². The first-order valence-corrected chi connectivity index (χ1v) is 12.0. The summed E-state index contributed by atoms with van der Waals surface area (Å²) in [5, 5.41) is 11.3. The molecule has 1 unspecified atom stereocenters. The van der Waals surface area contributed by atoms with E-state index in [1.54, 1.807) is 52.1 Å². The van der Waals surface area contributed by atoms with Crippen molar-refractivity contribution in [3.8, 4) is 5.75 Å². The molecule has 1 aliphatic rings. The van der Waals surface area contributed by atoms with Crippen molar-refractivity contribution in [1.82, 2.24) is 24.9 Å². The largest absolute Gasteiger partial charge is 0.497 e. The molecule has 0 saturated heterocycles. The van der Waals surface area contributed by atoms with E-state index in [0.29, 0.717) is 17.0 Å². The molecule has 0 amide bonds. The van der Waals surface area contributed by atoms with E-state index in [0.717, 1.165) is 4.68 Å². The normalized spacial score (nSPS) is 14.9. The number of nitrogens with zero attached hydrogens (tertiary/aromatic N) is 5. The number of allylic oxidation sites excluding steroid dienone is 1. The van der Waals surface area contributed by atoms with Crippen molar-refractivity contribution >= 4 is 35.4 Å². The third-order valence-corrected chi connectivity index (χ3v) is 5.79. The van der Waals surface area contributed by atoms with E-state index in [2.05, 4.69) is 15.5 Å². The molecule has 14 heteroatoms. The van der Waals surface area contributed by atoms with Crippen LogP contribution in [0.1, 0.15) is 57.9 Å². The Bertz CT molecular complexity index is 1480. The minimum atomic E-state index is -0.840. The lowest BCUT2D eigenvalue weighted by Crippen LogP contribution is -2.37. The molecular weight excluding hydrogens is 508 g/mol. The van der Waals surface area contributed by atoms with Crippen molar-refractivity contribution in [1.29, 1.82) is 0 Å². The highest BCUT2D eigenvalue weighted by atomic mass is 16.5. The number of anilines is 2. The number of carbonyl (C=O) groups excluding carboxylic acids is 3. The molecule has 0 bridgehead atoms. The Morgan fingerprint density at radius 3 is 2.13 bits per heavy atom. The van der Waals surface area contributed by atoms with Gasteiger partial charge in [-0.2, -0.15) is 0 Å². The van der Waals surface area contributed by atoms with Crippen LogP contribution in [-0.2, 0) is 9.47 Å². The van der Waals surface area contributed by atoms with Gasteiger partial charge < -0.3 is 31.0 Å². The summed E-state index contributed by atoms with van der Waals surface area (Å²) in [7, 11) is 1.54. The van der Waals surface area contributed by atoms with Crippen molar-refractivity contribution in [3.05, 3.63) is 64.6 Å². The van der Waals surface area contributed by atoms with Gasteiger partial charge in [0.15, 0.2) is 11.6 Å². The summed E-state index contributed by atoms with van der Waals surface area (Å²) in [6.45, 7) is 5.32. The van der Waals surface area contributed by atoms with E-state index in [4.69, 9.17) is 30.7 Å². The number of nitrogen functional groups attached to an aromatic ring is 2. The second-order valence-electron chi connectivity index (χ2n) is 8.28. The fraction of sp³-hybridized carbons (Fsp3) is 0.280. The van der Waals surface area contributed by atoms with Crippen molar-refractivity contribution in [2.45, 2.75) is 26.8 Å². The molecule has 204 valence electrons. The number of carbonyl (C=O) groups is 3. The zero-order valence-corrected chi connectivity index (χ0v) is 21.8. The monoisotopic (exact) mass is 536 g/mol. The maximum atomic E-state index is 13.7. The Morgan fingerprint density at radius 2 is 1.54 bits per heavy atom. The van der Waals surface area contributed by atoms with E-state index in [1.807, 2.05) is 0 Å². The number of esters is 2. The highest BCUT2D eigenvalue weighted by Crippen LogP contribution is 2.33. The summed E-state index contributed by atoms with van der Waals surface area (Å²) >= 11 is 0. The van der Waals surface area contributed by atoms with Crippen LogP contribution in [0, 0.1) is 0 Å². The quantitative estimate of drug-likeness (QED) is 0.373. The molecule has 5 N–H and O–H groups in total. The zero-order valence-electron chi connectivity index (χ0n) is 21.8. The maximum absolute atomic E-state index is 13.7. The van der Waals surface area contributed by atoms with Crippen LogP contribution in [0.5, 0.6) is 5.75 Å². The number of rotatable bonds is 7. The molecule has 39 heavy (non-hydrogen) atoms. The van der Waals surface area contributed by atoms with Crippen molar-refractivity contribution in [2.24, 2.45) is 4.99 Å². The minimum absolute atomic E-state index is 0.0316. The molecule has 0 aliphatic carbocycles. The molecule has 0 radical (unpaired) electrons. The molecule has 1 aliphatic heterocycles. The Labute approximate surface area is 223 Å². The lowest BCUT2D eigenvalue weighted by molar-refractivity contribution is 0.0517.